The SMILES string of the molecule is CN1CC2=CCCC[C@@]2(N)C1.CN1CC2=CCOC[C@@]2(N)C1.CN1C[C@@H]2CCCC[C@@]2(N)C1.CN1C[C@@H]2CCOC[C@@]2(N)C1.CN1C[C@@H]2COCC[C@@]2(N)C1.CN1C[C@@H]2OCCC[C@@]2(N)C1.CN1C[C@H]2CCCC[C@@]2(N)C1.CN1C[C@H]2CCOC[C@@]2(N)C1.CN1C[C@H]2C[C@@H]3C[C@@H]3[C@@]2(N)C1.CN1C[C@]2(N)CC[C@H]3C[C@]32C1. The lowest BCUT2D eigenvalue weighted by molar-refractivity contribution is -0.0140. The number of fused-ring (bicyclic) bond motifs is 11. The van der Waals surface area contributed by atoms with Crippen molar-refractivity contribution in [1.82, 2.24) is 49.0 Å². The van der Waals surface area contributed by atoms with Gasteiger partial charge in [-0.15, -0.1) is 0 Å². The molecule has 25 nitrogen and oxygen atoms in total. The summed E-state index contributed by atoms with van der Waals surface area (Å²) in [6.45, 7) is 29.4. The van der Waals surface area contributed by atoms with Crippen LogP contribution in [0.5, 0.6) is 0 Å². The maximum absolute atomic E-state index is 6.40. The highest BCUT2D eigenvalue weighted by molar-refractivity contribution is 5.30. The van der Waals surface area contributed by atoms with E-state index in [-0.39, 0.29) is 55.4 Å². The van der Waals surface area contributed by atoms with E-state index in [2.05, 4.69) is 132 Å². The van der Waals surface area contributed by atoms with Gasteiger partial charge in [-0.2, -0.15) is 0 Å². The molecule has 20 N–H and O–H groups in total. The minimum Gasteiger partial charge on any atom is -0.381 e. The Morgan fingerprint density at radius 1 is 0.345 bits per heavy atom. The van der Waals surface area contributed by atoms with Crippen LogP contribution in [0.4, 0.5) is 0 Å². The minimum absolute atomic E-state index is 0.0347. The van der Waals surface area contributed by atoms with Crippen LogP contribution < -0.4 is 57.3 Å². The highest BCUT2D eigenvalue weighted by atomic mass is 16.5. The van der Waals surface area contributed by atoms with Gasteiger partial charge in [-0.05, 0) is 238 Å². The molecule has 0 radical (unpaired) electrons. The lowest BCUT2D eigenvalue weighted by atomic mass is 9.76. The Morgan fingerprint density at radius 2 is 0.845 bits per heavy atom. The van der Waals surface area contributed by atoms with E-state index in [9.17, 15) is 0 Å². The third-order valence-corrected chi connectivity index (χ3v) is 31.8. The quantitative estimate of drug-likeness (QED) is 0.154. The smallest absolute Gasteiger partial charge is 0.0893 e. The van der Waals surface area contributed by atoms with Crippen molar-refractivity contribution in [3.05, 3.63) is 23.3 Å². The molecule has 22 rings (SSSR count). The van der Waals surface area contributed by atoms with Crippen LogP contribution in [0.1, 0.15) is 135 Å². The minimum atomic E-state index is -0.174. The van der Waals surface area contributed by atoms with E-state index < -0.39 is 0 Å². The van der Waals surface area contributed by atoms with E-state index >= 15 is 0 Å². The maximum Gasteiger partial charge on any atom is 0.0893 e. The van der Waals surface area contributed by atoms with Crippen molar-refractivity contribution >= 4 is 0 Å². The molecule has 0 aromatic rings. The zero-order chi connectivity index (χ0) is 78.5. The second kappa shape index (κ2) is 34.7. The van der Waals surface area contributed by atoms with Crippen molar-refractivity contribution < 1.29 is 23.7 Å². The largest absolute Gasteiger partial charge is 0.381 e. The molecule has 6 saturated carbocycles. The van der Waals surface area contributed by atoms with E-state index in [0.717, 1.165) is 225 Å². The van der Waals surface area contributed by atoms with Crippen LogP contribution in [0.2, 0.25) is 0 Å². The molecule has 0 aromatic carbocycles. The number of rotatable bonds is 0. The van der Waals surface area contributed by atoms with Crippen molar-refractivity contribution in [3.8, 4) is 0 Å². The zero-order valence-electron chi connectivity index (χ0n) is 71.1. The van der Waals surface area contributed by atoms with Crippen molar-refractivity contribution in [3.63, 3.8) is 0 Å². The van der Waals surface area contributed by atoms with Gasteiger partial charge in [0.15, 0.2) is 0 Å². The number of nitrogens with zero attached hydrogens (tertiary/aromatic N) is 10. The first-order chi connectivity index (χ1) is 52.0. The van der Waals surface area contributed by atoms with Gasteiger partial charge >= 0.3 is 0 Å². The number of ether oxygens (including phenoxy) is 5. The summed E-state index contributed by atoms with van der Waals surface area (Å²) in [5.74, 6) is 7.25. The third-order valence-electron chi connectivity index (χ3n) is 31.8. The molecule has 0 amide bonds. The first-order valence-electron chi connectivity index (χ1n) is 44.1. The summed E-state index contributed by atoms with van der Waals surface area (Å²) in [6, 6.07) is 0. The van der Waals surface area contributed by atoms with Crippen LogP contribution >= 0.6 is 0 Å². The van der Waals surface area contributed by atoms with Gasteiger partial charge < -0.3 is 130 Å². The second-order valence-electron chi connectivity index (χ2n) is 41.8. The summed E-state index contributed by atoms with van der Waals surface area (Å²) in [5, 5.41) is 0. The highest BCUT2D eigenvalue weighted by Gasteiger charge is 2.72. The van der Waals surface area contributed by atoms with Crippen LogP contribution in [0, 0.1) is 58.7 Å². The normalized spacial score (nSPS) is 47.4. The summed E-state index contributed by atoms with van der Waals surface area (Å²) < 4.78 is 27.1. The van der Waals surface area contributed by atoms with E-state index in [1.54, 1.807) is 0 Å². The molecule has 0 bridgehead atoms. The van der Waals surface area contributed by atoms with Crippen molar-refractivity contribution in [2.24, 2.45) is 116 Å². The molecule has 7 aliphatic carbocycles. The molecule has 110 heavy (non-hydrogen) atoms. The molecular weight excluding hydrogens is 1380 g/mol. The third kappa shape index (κ3) is 19.3. The molecule has 14 saturated heterocycles. The molecule has 21 atom stereocenters. The van der Waals surface area contributed by atoms with Gasteiger partial charge in [-0.1, -0.05) is 37.8 Å². The highest BCUT2D eigenvalue weighted by Crippen LogP contribution is 2.70. The second-order valence-corrected chi connectivity index (χ2v) is 41.8. The Balaban J connectivity index is 0.000000107. The number of nitrogens with two attached hydrogens (primary N) is 10. The van der Waals surface area contributed by atoms with Crippen molar-refractivity contribution in [2.45, 2.75) is 196 Å². The fraction of sp³-hybridized carbons (Fsp3) is 0.953. The number of likely N-dealkylation sites (N-methyl/N-ethyl adjacent to an activating group) is 10. The number of likely N-dealkylation sites (tertiary alicyclic amines) is 10. The van der Waals surface area contributed by atoms with Gasteiger partial charge in [0.2, 0.25) is 0 Å². The van der Waals surface area contributed by atoms with Crippen LogP contribution in [-0.4, -0.2) is 371 Å². The molecule has 15 heterocycles. The van der Waals surface area contributed by atoms with Gasteiger partial charge in [-0.3, -0.25) is 0 Å². The first-order valence-corrected chi connectivity index (χ1v) is 44.1. The summed E-state index contributed by atoms with van der Waals surface area (Å²) >= 11 is 0. The first kappa shape index (κ1) is 86.3. The monoisotopic (exact) mass is 1540 g/mol. The Morgan fingerprint density at radius 3 is 1.36 bits per heavy atom. The fourth-order valence-electron chi connectivity index (χ4n) is 25.8. The zero-order valence-corrected chi connectivity index (χ0v) is 71.1. The van der Waals surface area contributed by atoms with E-state index in [0.29, 0.717) is 35.9 Å². The van der Waals surface area contributed by atoms with Crippen LogP contribution in [0.3, 0.4) is 0 Å². The molecule has 25 heteroatoms. The summed E-state index contributed by atoms with van der Waals surface area (Å²) in [5.41, 5.74) is 66.7. The summed E-state index contributed by atoms with van der Waals surface area (Å²) in [7, 11) is 21.5. The maximum atomic E-state index is 6.40. The topological polar surface area (TPSA) is 339 Å². The van der Waals surface area contributed by atoms with Gasteiger partial charge in [0, 0.05) is 196 Å². The molecule has 20 fully saturated rings. The number of hydrogen-bond acceptors (Lipinski definition) is 25. The predicted octanol–water partition coefficient (Wildman–Crippen LogP) is 1.48. The molecule has 22 aliphatic rings. The lowest BCUT2D eigenvalue weighted by Crippen LogP contribution is -2.54. The summed E-state index contributed by atoms with van der Waals surface area (Å²) in [4.78, 5) is 23.3. The van der Waals surface area contributed by atoms with Gasteiger partial charge in [0.1, 0.15) is 0 Å². The van der Waals surface area contributed by atoms with Gasteiger partial charge in [-0.25, -0.2) is 0 Å². The molecule has 0 aromatic heterocycles. The van der Waals surface area contributed by atoms with Crippen LogP contribution in [-0.2, 0) is 23.7 Å². The average molecular weight is 1540 g/mol. The Kier molecular flexibility index (Phi) is 27.2. The predicted molar refractivity (Wildman–Crippen MR) is 444 cm³/mol. The summed E-state index contributed by atoms with van der Waals surface area (Å²) in [6.07, 6.45) is 31.7. The van der Waals surface area contributed by atoms with Crippen molar-refractivity contribution in [2.75, 3.05) is 261 Å². The number of hydrogen-bond donors (Lipinski definition) is 10. The molecule has 15 aliphatic heterocycles. The van der Waals surface area contributed by atoms with Gasteiger partial charge in [0.25, 0.3) is 0 Å². The average Bonchev–Trinajstić information content (AvgIpc) is 1.51. The Labute approximate surface area is 666 Å². The standard InChI is InChI=1S/2C9H16N2.2C9H18N2.C9H16N2.3C8H16N2O.C8H14N2O.C8H16N2O/c1-11-4-7-2-6-3-8(6)9(7,10)5-11;1-11-5-8-4-7(8)2-3-9(8,10)6-11;3*1-11-6-8-4-2-3-5-9(8,10)7-11;1-10-4-7-5-11-3-2-8(7,9)6-10;3*1-10-4-7-2-3-11-6-8(7,9)5-10;1-10-5-7-8(9,6-10)3-2-4-11-7/h6-8H,2-5,10H2,1H3;7H,2-6,10H2,1H3;2*8H,2-7,10H2,1H3;4H,2-3,5-7,10H2,1H3;3*7H,2-6,9H2,1H3;2H,3-6,9H2,1H3;7H,2-6,9H2,1H3/t6-,7-,8+,9-;7-,8-,9+;8-,9+;8-,9-;9-;7-,8-;7-,8+;7-,8-;8-;7-,8+/m1001111000/s1. The Bertz CT molecular complexity index is 2750. The Hall–Kier alpha value is -1.52. The van der Waals surface area contributed by atoms with Gasteiger partial charge in [0.05, 0.1) is 66.8 Å². The van der Waals surface area contributed by atoms with Crippen LogP contribution in [0.15, 0.2) is 23.3 Å². The molecule has 0 unspecified atom stereocenters. The molecule has 1 spiro atoms. The van der Waals surface area contributed by atoms with Crippen LogP contribution in [0.25, 0.3) is 0 Å². The molecule has 632 valence electrons. The van der Waals surface area contributed by atoms with E-state index in [4.69, 9.17) is 81.0 Å². The lowest BCUT2D eigenvalue weighted by Gasteiger charge is -2.34. The number of allylic oxidation sites excluding steroid dienone is 1. The van der Waals surface area contributed by atoms with Crippen molar-refractivity contribution in [1.29, 1.82) is 0 Å². The fourth-order valence-corrected chi connectivity index (χ4v) is 25.8. The molecular formula is C85H162N20O5. The van der Waals surface area contributed by atoms with E-state index in [1.165, 1.54) is 140 Å². The van der Waals surface area contributed by atoms with E-state index in [1.807, 2.05) is 0 Å².